The van der Waals surface area contributed by atoms with Gasteiger partial charge >= 0.3 is 44.7 Å². The second-order valence-corrected chi connectivity index (χ2v) is 20.1. The van der Waals surface area contributed by atoms with Crippen molar-refractivity contribution in [3.05, 3.63) is 165 Å². The number of nitrogens with one attached hydrogen (secondary N) is 1. The molecule has 6 rings (SSSR count). The molecule has 92 heavy (non-hydrogen) atoms. The van der Waals surface area contributed by atoms with Gasteiger partial charge in [-0.3, -0.25) is 4.79 Å². The summed E-state index contributed by atoms with van der Waals surface area (Å²) in [6.07, 6.45) is -4.93. The van der Waals surface area contributed by atoms with Crippen molar-refractivity contribution in [2.45, 2.75) is 164 Å². The van der Waals surface area contributed by atoms with Crippen LogP contribution < -0.4 is 0 Å². The van der Waals surface area contributed by atoms with Crippen LogP contribution in [0.25, 0.3) is 12.2 Å². The molecular weight excluding hydrogens is 1310 g/mol. The average molecular weight is 1390 g/mol. The number of hydrogen-bond acceptors (Lipinski definition) is 10. The molecule has 30 heteroatoms. The topological polar surface area (TPSA) is 142 Å². The molecule has 0 amide bonds. The van der Waals surface area contributed by atoms with Crippen molar-refractivity contribution in [3.8, 4) is 0 Å². The van der Waals surface area contributed by atoms with Crippen LogP contribution in [0.2, 0.25) is 0 Å². The van der Waals surface area contributed by atoms with E-state index in [2.05, 4.69) is 31.5 Å². The van der Waals surface area contributed by atoms with E-state index in [0.717, 1.165) is 38.9 Å². The molecule has 516 valence electrons. The summed E-state index contributed by atoms with van der Waals surface area (Å²) in [5.74, 6) is -20.1. The molecule has 3 N–H and O–H groups in total. The van der Waals surface area contributed by atoms with E-state index in [0.29, 0.717) is 49.4 Å². The van der Waals surface area contributed by atoms with Crippen LogP contribution in [0.5, 0.6) is 0 Å². The molecule has 2 heterocycles. The van der Waals surface area contributed by atoms with Gasteiger partial charge in [0, 0.05) is 19.5 Å². The molecule has 0 aliphatic carbocycles. The van der Waals surface area contributed by atoms with E-state index in [4.69, 9.17) is 23.3 Å². The Morgan fingerprint density at radius 3 is 1.21 bits per heavy atom. The average Bonchev–Trinajstić information content (AvgIpc) is 0.873. The second kappa shape index (κ2) is 45.9. The van der Waals surface area contributed by atoms with Gasteiger partial charge in [0.25, 0.3) is 0 Å². The number of carbonyl (C=O) groups excluding carboxylic acids is 2. The van der Waals surface area contributed by atoms with Crippen molar-refractivity contribution in [2.24, 2.45) is 5.41 Å². The first-order valence-electron chi connectivity index (χ1n) is 27.6. The Labute approximate surface area is 544 Å². The van der Waals surface area contributed by atoms with Gasteiger partial charge in [-0.2, -0.15) is 30.5 Å². The fraction of sp³-hybridized carbons (Fsp3) is 0.484. The SMILES string of the molecule is C=C(C)C(=O)OCC1CO1.C=Cc1c(F)c(F)c(F)c(F)c1F.C=Cc1ccc(C(C)(O)C(F)(F)F)cc1.CC.CC.CCC(C)(C)C(=O)OCC1CO1.CCC(C)c1c(F)c(F)c(F)c(F)c1F.CCC(C)c1ccc(C(C)(O)C(F)(F)F)cc1.FP=S.[B].[NH]=[Al]. The third-order valence-electron chi connectivity index (χ3n) is 12.7. The Kier molecular flexibility index (Phi) is 47.5. The van der Waals surface area contributed by atoms with E-state index in [-0.39, 0.29) is 49.1 Å². The van der Waals surface area contributed by atoms with E-state index >= 15 is 0 Å². The third-order valence-corrected chi connectivity index (χ3v) is 12.7. The Bertz CT molecular complexity index is 2820. The van der Waals surface area contributed by atoms with Crippen LogP contribution >= 0.6 is 7.67 Å². The van der Waals surface area contributed by atoms with Crippen LogP contribution in [-0.4, -0.2) is 97.6 Å². The fourth-order valence-electron chi connectivity index (χ4n) is 5.83. The van der Waals surface area contributed by atoms with E-state index in [9.17, 15) is 94.2 Å². The Morgan fingerprint density at radius 1 is 0.630 bits per heavy atom. The number of alkyl halides is 6. The van der Waals surface area contributed by atoms with Gasteiger partial charge in [0.15, 0.2) is 65.4 Å². The van der Waals surface area contributed by atoms with Crippen molar-refractivity contribution in [1.29, 1.82) is 4.35 Å². The molecule has 6 atom stereocenters. The van der Waals surface area contributed by atoms with Crippen LogP contribution in [-0.2, 0) is 51.5 Å². The van der Waals surface area contributed by atoms with Crippen molar-refractivity contribution in [3.63, 3.8) is 0 Å². The molecular formula is C62H79AlBF17NO8PS. The summed E-state index contributed by atoms with van der Waals surface area (Å²) < 4.78 is 237. The maximum absolute atomic E-state index is 13.1. The quantitative estimate of drug-likeness (QED) is 0.0155. The molecule has 0 bridgehead atoms. The molecule has 6 unspecified atom stereocenters. The summed E-state index contributed by atoms with van der Waals surface area (Å²) in [5.41, 5.74) is -5.91. The number of benzene rings is 4. The normalized spacial score (nSPS) is 15.0. The Balaban J connectivity index is -0.000000321. The van der Waals surface area contributed by atoms with Gasteiger partial charge in [-0.05, 0) is 99.8 Å². The first-order valence-corrected chi connectivity index (χ1v) is 30.0. The van der Waals surface area contributed by atoms with Crippen LogP contribution in [0.4, 0.5) is 74.4 Å². The zero-order chi connectivity index (χ0) is 72.3. The molecule has 4 aromatic carbocycles. The van der Waals surface area contributed by atoms with Crippen LogP contribution in [0.1, 0.15) is 161 Å². The third kappa shape index (κ3) is 31.2. The molecule has 2 fully saturated rings. The monoisotopic (exact) mass is 1390 g/mol. The molecule has 2 aliphatic heterocycles. The number of ether oxygens (including phenoxy) is 4. The molecule has 4 radical (unpaired) electrons. The predicted molar refractivity (Wildman–Crippen MR) is 327 cm³/mol. The molecule has 0 saturated carbocycles. The number of carbonyl (C=O) groups is 2. The summed E-state index contributed by atoms with van der Waals surface area (Å²) in [6.45, 7) is 36.0. The van der Waals surface area contributed by atoms with Crippen molar-refractivity contribution in [2.75, 3.05) is 26.4 Å². The zero-order valence-electron chi connectivity index (χ0n) is 53.4. The van der Waals surface area contributed by atoms with Crippen LogP contribution in [0.15, 0.2) is 73.8 Å². The minimum atomic E-state index is -4.68. The van der Waals surface area contributed by atoms with Crippen molar-refractivity contribution < 1.29 is 113 Å². The second-order valence-electron chi connectivity index (χ2n) is 19.6. The summed E-state index contributed by atoms with van der Waals surface area (Å²) in [5, 5.41) is 18.8. The fourth-order valence-corrected chi connectivity index (χ4v) is 5.83. The number of epoxide rings is 2. The van der Waals surface area contributed by atoms with E-state index < -0.39 is 106 Å². The molecule has 4 aromatic rings. The number of rotatable bonds is 15. The first kappa shape index (κ1) is 95.3. The van der Waals surface area contributed by atoms with Gasteiger partial charge < -0.3 is 29.2 Å². The van der Waals surface area contributed by atoms with E-state index in [1.807, 2.05) is 62.3 Å². The number of esters is 2. The van der Waals surface area contributed by atoms with Crippen molar-refractivity contribution in [1.82, 2.24) is 0 Å². The minimum absolute atomic E-state index is 0. The zero-order valence-corrected chi connectivity index (χ0v) is 56.3. The van der Waals surface area contributed by atoms with Gasteiger partial charge in [0.2, 0.25) is 11.6 Å². The van der Waals surface area contributed by atoms with Crippen molar-refractivity contribution >= 4 is 68.1 Å². The molecule has 9 nitrogen and oxygen atoms in total. The molecule has 2 aliphatic rings. The van der Waals surface area contributed by atoms with Gasteiger partial charge in [0.1, 0.15) is 25.4 Å². The summed E-state index contributed by atoms with van der Waals surface area (Å²) in [4.78, 5) is 22.0. The van der Waals surface area contributed by atoms with E-state index in [1.165, 1.54) is 49.4 Å². The Morgan fingerprint density at radius 2 is 0.935 bits per heavy atom. The predicted octanol–water partition coefficient (Wildman–Crippen LogP) is 18.7. The summed E-state index contributed by atoms with van der Waals surface area (Å²) in [7, 11) is -0.500. The van der Waals surface area contributed by atoms with Crippen LogP contribution in [0, 0.1) is 67.9 Å². The van der Waals surface area contributed by atoms with Crippen LogP contribution in [0.3, 0.4) is 0 Å². The van der Waals surface area contributed by atoms with Gasteiger partial charge in [-0.1, -0.05) is 143 Å². The van der Waals surface area contributed by atoms with Gasteiger partial charge in [0.05, 0.1) is 24.2 Å². The maximum atomic E-state index is 13.1. The number of hydrogen-bond donors (Lipinski definition) is 3. The number of halogens is 17. The molecule has 0 spiro atoms. The standard InChI is InChI=1S/C13H17F3O.C11H11F3O.C10H9F5.C9H16O3.C8H3F5.C7H10O3.2C2H6.Al.B.FPS.HN/c1-4-9(2)10-5-7-11(8-6-10)12(3,17)13(14,15)16;1-3-8-4-6-9(7-5-8)10(2,15)11(12,13)14;1-3-4(2)5-6(11)8(13)10(15)9(14)7(5)12;1-4-9(2,3)8(10)12-6-7-5-11-7;1-2-3-4(9)6(11)8(13)7(12)5(3)10;1-5(2)7(8)10-4-6-3-9-6;2*1-2;;;1-2-3;/h5-9,17H,4H2,1-3H3;3-7,15H,1H2,2H3;4H,3H2,1-2H3;7H,4-6H2,1-3H3;2H,1H2;6H,1,3-4H2,2H3;2*1-2H3;;;;1H. The van der Waals surface area contributed by atoms with Gasteiger partial charge in [-0.15, -0.1) is 0 Å². The van der Waals surface area contributed by atoms with E-state index in [1.54, 1.807) is 42.1 Å². The Hall–Kier alpha value is -5.39. The summed E-state index contributed by atoms with van der Waals surface area (Å²) >= 11 is 5.37. The molecule has 2 saturated heterocycles. The molecule has 0 aromatic heterocycles. The van der Waals surface area contributed by atoms with Gasteiger partial charge in [-0.25, -0.2) is 48.7 Å². The number of aliphatic hydroxyl groups is 2. The first-order chi connectivity index (χ1) is 42.1. The summed E-state index contributed by atoms with van der Waals surface area (Å²) in [6, 6.07) is 11.4.